The predicted molar refractivity (Wildman–Crippen MR) is 98.6 cm³/mol. The maximum Gasteiger partial charge on any atom is 0.274 e. The molecule has 3 aromatic heterocycles. The number of H-pyrrole nitrogens is 1. The van der Waals surface area contributed by atoms with Crippen LogP contribution < -0.4 is 10.3 Å². The third-order valence-corrected chi connectivity index (χ3v) is 4.79. The van der Waals surface area contributed by atoms with Gasteiger partial charge in [-0.15, -0.1) is 0 Å². The van der Waals surface area contributed by atoms with Gasteiger partial charge in [-0.05, 0) is 29.8 Å². The Hall–Kier alpha value is -3.13. The van der Waals surface area contributed by atoms with Crippen LogP contribution in [0.2, 0.25) is 0 Å². The van der Waals surface area contributed by atoms with Crippen LogP contribution in [0.1, 0.15) is 5.56 Å². The third-order valence-electron chi connectivity index (χ3n) is 3.86. The van der Waals surface area contributed by atoms with Crippen molar-refractivity contribution in [3.63, 3.8) is 0 Å². The average molecular weight is 365 g/mol. The van der Waals surface area contributed by atoms with E-state index in [1.54, 1.807) is 31.8 Å². The van der Waals surface area contributed by atoms with Crippen LogP contribution in [0.15, 0.2) is 69.7 Å². The zero-order chi connectivity index (χ0) is 17.9. The number of methoxy groups -OCH3 is 1. The average Bonchev–Trinajstić information content (AvgIpc) is 3.18. The lowest BCUT2D eigenvalue weighted by Crippen LogP contribution is -2.23. The number of hydrogen-bond acceptors (Lipinski definition) is 6. The largest absolute Gasteiger partial charge is 0.481 e. The van der Waals surface area contributed by atoms with Crippen LogP contribution in [-0.2, 0) is 6.54 Å². The molecule has 0 saturated heterocycles. The first kappa shape index (κ1) is 16.3. The number of ether oxygens (including phenoxy) is 1. The van der Waals surface area contributed by atoms with Crippen LogP contribution in [0.4, 0.5) is 0 Å². The second-order valence-electron chi connectivity index (χ2n) is 5.58. The van der Waals surface area contributed by atoms with Gasteiger partial charge in [-0.25, -0.2) is 9.67 Å². The molecule has 26 heavy (non-hydrogen) atoms. The zero-order valence-electron chi connectivity index (χ0n) is 13.9. The summed E-state index contributed by atoms with van der Waals surface area (Å²) in [6, 6.07) is 11.2. The lowest BCUT2D eigenvalue weighted by molar-refractivity contribution is 0.397. The topological polar surface area (TPSA) is 85.7 Å². The second-order valence-corrected chi connectivity index (χ2v) is 6.67. The van der Waals surface area contributed by atoms with E-state index in [-0.39, 0.29) is 5.56 Å². The van der Waals surface area contributed by atoms with Crippen molar-refractivity contribution in [2.24, 2.45) is 0 Å². The normalized spacial score (nSPS) is 11.0. The summed E-state index contributed by atoms with van der Waals surface area (Å²) in [5, 5.41) is 13.5. The minimum atomic E-state index is -0.130. The van der Waals surface area contributed by atoms with E-state index in [4.69, 9.17) is 4.74 Å². The van der Waals surface area contributed by atoms with Gasteiger partial charge in [0.05, 0.1) is 25.2 Å². The maximum absolute atomic E-state index is 12.7. The van der Waals surface area contributed by atoms with Crippen molar-refractivity contribution in [1.29, 1.82) is 0 Å². The quantitative estimate of drug-likeness (QED) is 0.585. The molecule has 0 atom stereocenters. The molecule has 0 saturated carbocycles. The van der Waals surface area contributed by atoms with Crippen molar-refractivity contribution in [3.05, 3.63) is 70.9 Å². The summed E-state index contributed by atoms with van der Waals surface area (Å²) in [5.41, 5.74) is 0.750. The smallest absolute Gasteiger partial charge is 0.274 e. The van der Waals surface area contributed by atoms with Crippen LogP contribution >= 0.6 is 11.8 Å². The molecule has 4 aromatic rings. The van der Waals surface area contributed by atoms with Gasteiger partial charge in [0.1, 0.15) is 5.03 Å². The highest BCUT2D eigenvalue weighted by molar-refractivity contribution is 7.99. The first-order valence-electron chi connectivity index (χ1n) is 7.89. The number of aromatic nitrogens is 5. The second kappa shape index (κ2) is 7.01. The molecule has 0 unspecified atom stereocenters. The fraction of sp³-hybridized carbons (Fsp3) is 0.111. The number of fused-ring (bicyclic) bond motifs is 1. The molecule has 7 nitrogen and oxygen atoms in total. The van der Waals surface area contributed by atoms with Crippen molar-refractivity contribution >= 4 is 22.5 Å². The first-order chi connectivity index (χ1) is 12.7. The molecule has 8 heteroatoms. The summed E-state index contributed by atoms with van der Waals surface area (Å²) >= 11 is 1.53. The van der Waals surface area contributed by atoms with Gasteiger partial charge in [0.15, 0.2) is 0 Å². The van der Waals surface area contributed by atoms with Gasteiger partial charge in [0.25, 0.3) is 5.56 Å². The number of nitrogens with one attached hydrogen (secondary N) is 1. The lowest BCUT2D eigenvalue weighted by Gasteiger charge is -2.07. The molecule has 1 N–H and O–H groups in total. The molecule has 0 aliphatic carbocycles. The van der Waals surface area contributed by atoms with Gasteiger partial charge in [0.2, 0.25) is 5.88 Å². The molecule has 3 heterocycles. The molecule has 0 fully saturated rings. The van der Waals surface area contributed by atoms with E-state index in [0.29, 0.717) is 17.8 Å². The molecular formula is C18H15N5O2S. The van der Waals surface area contributed by atoms with Crippen molar-refractivity contribution in [3.8, 4) is 5.88 Å². The summed E-state index contributed by atoms with van der Waals surface area (Å²) in [4.78, 5) is 17.9. The Bertz CT molecular complexity index is 1090. The van der Waals surface area contributed by atoms with E-state index in [1.165, 1.54) is 16.4 Å². The molecule has 0 aliphatic heterocycles. The van der Waals surface area contributed by atoms with Crippen molar-refractivity contribution in [1.82, 2.24) is 25.0 Å². The number of rotatable bonds is 5. The van der Waals surface area contributed by atoms with Gasteiger partial charge >= 0.3 is 0 Å². The lowest BCUT2D eigenvalue weighted by atomic mass is 10.2. The maximum atomic E-state index is 12.7. The molecule has 4 rings (SSSR count). The van der Waals surface area contributed by atoms with E-state index in [9.17, 15) is 4.79 Å². The Balaban J connectivity index is 1.62. The third kappa shape index (κ3) is 3.31. The van der Waals surface area contributed by atoms with Crippen LogP contribution in [0.25, 0.3) is 10.8 Å². The Morgan fingerprint density at radius 3 is 2.85 bits per heavy atom. The summed E-state index contributed by atoms with van der Waals surface area (Å²) in [6.07, 6.45) is 5.17. The Morgan fingerprint density at radius 1 is 1.19 bits per heavy atom. The molecule has 0 bridgehead atoms. The number of pyridine rings is 1. The number of aromatic amines is 1. The standard InChI is InChI=1S/C18H15N5O2S/c1-25-16-5-2-12(9-19-16)11-23-18(24)15-4-3-14(8-13(15)10-21-23)26-17-6-7-20-22-17/h2-10H,11H2,1H3,(H,20,22). The first-order valence-corrected chi connectivity index (χ1v) is 8.71. The van der Waals surface area contributed by atoms with Gasteiger partial charge < -0.3 is 4.74 Å². The number of benzene rings is 1. The Kier molecular flexibility index (Phi) is 4.40. The van der Waals surface area contributed by atoms with Gasteiger partial charge in [-0.2, -0.15) is 10.2 Å². The van der Waals surface area contributed by atoms with Crippen molar-refractivity contribution in [2.45, 2.75) is 16.5 Å². The van der Waals surface area contributed by atoms with E-state index in [1.807, 2.05) is 30.3 Å². The molecule has 130 valence electrons. The SMILES string of the molecule is COc1ccc(Cn2ncc3cc(Sc4cc[nH]n4)ccc3c2=O)cn1. The zero-order valence-corrected chi connectivity index (χ0v) is 14.7. The van der Waals surface area contributed by atoms with Crippen LogP contribution in [0.5, 0.6) is 5.88 Å². The summed E-state index contributed by atoms with van der Waals surface area (Å²) < 4.78 is 6.48. The minimum Gasteiger partial charge on any atom is -0.481 e. The summed E-state index contributed by atoms with van der Waals surface area (Å²) in [5.74, 6) is 0.537. The molecule has 0 spiro atoms. The highest BCUT2D eigenvalue weighted by atomic mass is 32.2. The molecule has 0 radical (unpaired) electrons. The van der Waals surface area contributed by atoms with Gasteiger partial charge in [-0.3, -0.25) is 9.89 Å². The molecule has 0 amide bonds. The van der Waals surface area contributed by atoms with Crippen molar-refractivity contribution in [2.75, 3.05) is 7.11 Å². The van der Waals surface area contributed by atoms with Crippen LogP contribution in [0, 0.1) is 0 Å². The fourth-order valence-electron chi connectivity index (χ4n) is 2.56. The summed E-state index contributed by atoms with van der Waals surface area (Å²) in [6.45, 7) is 0.357. The highest BCUT2D eigenvalue weighted by Gasteiger charge is 2.08. The van der Waals surface area contributed by atoms with E-state index in [0.717, 1.165) is 20.9 Å². The van der Waals surface area contributed by atoms with E-state index >= 15 is 0 Å². The molecule has 1 aromatic carbocycles. The minimum absolute atomic E-state index is 0.130. The van der Waals surface area contributed by atoms with E-state index in [2.05, 4.69) is 20.3 Å². The summed E-state index contributed by atoms with van der Waals surface area (Å²) in [7, 11) is 1.57. The van der Waals surface area contributed by atoms with Crippen LogP contribution in [0.3, 0.4) is 0 Å². The highest BCUT2D eigenvalue weighted by Crippen LogP contribution is 2.27. The monoisotopic (exact) mass is 365 g/mol. The number of hydrogen-bond donors (Lipinski definition) is 1. The van der Waals surface area contributed by atoms with Gasteiger partial charge in [0, 0.05) is 28.7 Å². The number of nitrogens with zero attached hydrogens (tertiary/aromatic N) is 4. The predicted octanol–water partition coefficient (Wildman–Crippen LogP) is 2.72. The molecular weight excluding hydrogens is 350 g/mol. The Labute approximate surface area is 153 Å². The van der Waals surface area contributed by atoms with Crippen LogP contribution in [-0.4, -0.2) is 32.1 Å². The van der Waals surface area contributed by atoms with Gasteiger partial charge in [-0.1, -0.05) is 17.8 Å². The van der Waals surface area contributed by atoms with E-state index < -0.39 is 0 Å². The Morgan fingerprint density at radius 2 is 2.12 bits per heavy atom. The fourth-order valence-corrected chi connectivity index (χ4v) is 3.36. The van der Waals surface area contributed by atoms with Crippen molar-refractivity contribution < 1.29 is 4.74 Å². The molecule has 0 aliphatic rings.